The highest BCUT2D eigenvalue weighted by molar-refractivity contribution is 7.13. The molecule has 2 aromatic heterocycles. The van der Waals surface area contributed by atoms with Crippen LogP contribution in [-0.4, -0.2) is 33.2 Å². The number of aliphatic hydroxyl groups is 1. The van der Waals surface area contributed by atoms with E-state index in [0.29, 0.717) is 12.1 Å². The van der Waals surface area contributed by atoms with E-state index >= 15 is 0 Å². The fraction of sp³-hybridized carbons (Fsp3) is 0.562. The highest BCUT2D eigenvalue weighted by Crippen LogP contribution is 2.37. The summed E-state index contributed by atoms with van der Waals surface area (Å²) in [4.78, 5) is 8.31. The molecule has 0 aliphatic carbocycles. The summed E-state index contributed by atoms with van der Waals surface area (Å²) < 4.78 is 5.84. The van der Waals surface area contributed by atoms with E-state index in [4.69, 9.17) is 9.40 Å². The maximum absolute atomic E-state index is 9.90. The summed E-state index contributed by atoms with van der Waals surface area (Å²) in [5, 5.41) is 11.9. The molecule has 0 amide bonds. The Labute approximate surface area is 128 Å². The molecule has 0 spiro atoms. The Balaban J connectivity index is 1.55. The normalized spacial score (nSPS) is 29.1. The maximum atomic E-state index is 9.90. The van der Waals surface area contributed by atoms with Crippen LogP contribution in [0.25, 0.3) is 10.8 Å². The van der Waals surface area contributed by atoms with Gasteiger partial charge in [0, 0.05) is 18.6 Å². The molecule has 2 atom stereocenters. The lowest BCUT2D eigenvalue weighted by molar-refractivity contribution is 0.0302. The van der Waals surface area contributed by atoms with Crippen LogP contribution >= 0.6 is 11.3 Å². The summed E-state index contributed by atoms with van der Waals surface area (Å²) in [7, 11) is 0. The van der Waals surface area contributed by atoms with Crippen molar-refractivity contribution in [2.75, 3.05) is 0 Å². The van der Waals surface area contributed by atoms with Crippen molar-refractivity contribution in [3.05, 3.63) is 29.0 Å². The van der Waals surface area contributed by atoms with E-state index in [1.165, 1.54) is 12.8 Å². The van der Waals surface area contributed by atoms with E-state index in [1.807, 2.05) is 24.4 Å². The number of rotatable bonds is 3. The Kier molecular flexibility index (Phi) is 3.36. The van der Waals surface area contributed by atoms with Crippen molar-refractivity contribution in [3.63, 3.8) is 0 Å². The van der Waals surface area contributed by atoms with E-state index < -0.39 is 0 Å². The first-order valence-corrected chi connectivity index (χ1v) is 8.52. The lowest BCUT2D eigenvalue weighted by Crippen LogP contribution is -2.44. The quantitative estimate of drug-likeness (QED) is 0.946. The van der Waals surface area contributed by atoms with Crippen molar-refractivity contribution in [2.45, 2.75) is 57.3 Å². The first kappa shape index (κ1) is 13.5. The minimum atomic E-state index is -0.112. The number of nitrogens with zero attached hydrogens (tertiary/aromatic N) is 2. The molecular formula is C16H20N2O2S. The molecule has 4 heterocycles. The lowest BCUT2D eigenvalue weighted by atomic mass is 9.99. The molecule has 0 aromatic carbocycles. The molecule has 2 bridgehead atoms. The number of hydrogen-bond acceptors (Lipinski definition) is 5. The Morgan fingerprint density at radius 3 is 2.81 bits per heavy atom. The molecule has 0 radical (unpaired) electrons. The van der Waals surface area contributed by atoms with E-state index in [-0.39, 0.29) is 6.10 Å². The smallest absolute Gasteiger partial charge is 0.236 e. The van der Waals surface area contributed by atoms with Crippen molar-refractivity contribution in [3.8, 4) is 10.8 Å². The maximum Gasteiger partial charge on any atom is 0.236 e. The largest absolute Gasteiger partial charge is 0.440 e. The van der Waals surface area contributed by atoms with Crippen LogP contribution in [-0.2, 0) is 6.54 Å². The van der Waals surface area contributed by atoms with Gasteiger partial charge in [-0.1, -0.05) is 6.07 Å². The highest BCUT2D eigenvalue weighted by atomic mass is 32.1. The minimum absolute atomic E-state index is 0.112. The van der Waals surface area contributed by atoms with Crippen LogP contribution in [0.15, 0.2) is 21.9 Å². The summed E-state index contributed by atoms with van der Waals surface area (Å²) in [6, 6.07) is 5.09. The number of aryl methyl sites for hydroxylation is 1. The number of aromatic nitrogens is 1. The number of hydrogen-bond donors (Lipinski definition) is 1. The molecular weight excluding hydrogens is 284 g/mol. The van der Waals surface area contributed by atoms with Gasteiger partial charge in [0.05, 0.1) is 16.7 Å². The first-order valence-electron chi connectivity index (χ1n) is 7.64. The zero-order chi connectivity index (χ0) is 14.4. The van der Waals surface area contributed by atoms with Crippen LogP contribution in [0.4, 0.5) is 0 Å². The van der Waals surface area contributed by atoms with Gasteiger partial charge in [0.1, 0.15) is 5.76 Å². The van der Waals surface area contributed by atoms with Gasteiger partial charge in [0.2, 0.25) is 5.89 Å². The third kappa shape index (κ3) is 2.43. The minimum Gasteiger partial charge on any atom is -0.440 e. The molecule has 2 aliphatic heterocycles. The monoisotopic (exact) mass is 304 g/mol. The topological polar surface area (TPSA) is 49.5 Å². The molecule has 4 nitrogen and oxygen atoms in total. The third-order valence-corrected chi connectivity index (χ3v) is 5.67. The van der Waals surface area contributed by atoms with Gasteiger partial charge < -0.3 is 9.52 Å². The van der Waals surface area contributed by atoms with Crippen LogP contribution in [0, 0.1) is 6.92 Å². The number of aliphatic hydroxyl groups excluding tert-OH is 1. The molecule has 1 N–H and O–H groups in total. The molecule has 0 saturated carbocycles. The molecule has 2 aliphatic rings. The van der Waals surface area contributed by atoms with E-state index in [2.05, 4.69) is 4.90 Å². The molecule has 5 heteroatoms. The number of piperidine rings is 1. The zero-order valence-corrected chi connectivity index (χ0v) is 13.0. The molecule has 2 aromatic rings. The van der Waals surface area contributed by atoms with Crippen LogP contribution in [0.3, 0.4) is 0 Å². The van der Waals surface area contributed by atoms with E-state index in [0.717, 1.165) is 41.6 Å². The second-order valence-corrected chi connectivity index (χ2v) is 7.13. The molecule has 21 heavy (non-hydrogen) atoms. The molecule has 112 valence electrons. The molecule has 2 unspecified atom stereocenters. The fourth-order valence-corrected chi connectivity index (χ4v) is 4.41. The predicted molar refractivity (Wildman–Crippen MR) is 82.1 cm³/mol. The fourth-order valence-electron chi connectivity index (χ4n) is 3.76. The van der Waals surface area contributed by atoms with Crippen molar-refractivity contribution >= 4 is 11.3 Å². The Morgan fingerprint density at radius 2 is 2.14 bits per heavy atom. The van der Waals surface area contributed by atoms with Gasteiger partial charge in [0.25, 0.3) is 0 Å². The van der Waals surface area contributed by atoms with Gasteiger partial charge in [-0.3, -0.25) is 4.90 Å². The van der Waals surface area contributed by atoms with Gasteiger partial charge in [-0.2, -0.15) is 0 Å². The van der Waals surface area contributed by atoms with Gasteiger partial charge in [0.15, 0.2) is 0 Å². The average Bonchev–Trinajstić information content (AvgIpc) is 3.13. The average molecular weight is 304 g/mol. The SMILES string of the molecule is Cc1oc(-c2cccs2)nc1CN1C2CCC1CC(O)C2. The summed E-state index contributed by atoms with van der Waals surface area (Å²) in [6.45, 7) is 2.85. The number of oxazole rings is 1. The second kappa shape index (κ2) is 5.23. The summed E-state index contributed by atoms with van der Waals surface area (Å²) in [5.41, 5.74) is 1.05. The first-order chi connectivity index (χ1) is 10.2. The predicted octanol–water partition coefficient (Wildman–Crippen LogP) is 3.20. The molecule has 2 fully saturated rings. The van der Waals surface area contributed by atoms with Gasteiger partial charge >= 0.3 is 0 Å². The second-order valence-electron chi connectivity index (χ2n) is 6.18. The van der Waals surface area contributed by atoms with Crippen LogP contribution in [0.1, 0.15) is 37.1 Å². The zero-order valence-electron chi connectivity index (χ0n) is 12.2. The van der Waals surface area contributed by atoms with Crippen molar-refractivity contribution in [2.24, 2.45) is 0 Å². The molecule has 2 saturated heterocycles. The summed E-state index contributed by atoms with van der Waals surface area (Å²) in [5.74, 6) is 1.66. The van der Waals surface area contributed by atoms with Gasteiger partial charge in [-0.25, -0.2) is 4.98 Å². The van der Waals surface area contributed by atoms with Crippen molar-refractivity contribution < 1.29 is 9.52 Å². The van der Waals surface area contributed by atoms with E-state index in [9.17, 15) is 5.11 Å². The lowest BCUT2D eigenvalue weighted by Gasteiger charge is -2.36. The van der Waals surface area contributed by atoms with Crippen molar-refractivity contribution in [1.29, 1.82) is 0 Å². The van der Waals surface area contributed by atoms with Crippen LogP contribution in [0.2, 0.25) is 0 Å². The number of fused-ring (bicyclic) bond motifs is 2. The van der Waals surface area contributed by atoms with Gasteiger partial charge in [-0.05, 0) is 44.1 Å². The summed E-state index contributed by atoms with van der Waals surface area (Å²) in [6.07, 6.45) is 4.11. The van der Waals surface area contributed by atoms with Crippen LogP contribution in [0.5, 0.6) is 0 Å². The Bertz CT molecular complexity index is 608. The molecule has 4 rings (SSSR count). The van der Waals surface area contributed by atoms with Gasteiger partial charge in [-0.15, -0.1) is 11.3 Å². The Hall–Kier alpha value is -1.17. The highest BCUT2D eigenvalue weighted by Gasteiger charge is 2.40. The van der Waals surface area contributed by atoms with Crippen LogP contribution < -0.4 is 0 Å². The standard InChI is InChI=1S/C16H20N2O2S/c1-10-14(17-16(20-10)15-3-2-6-21-15)9-18-11-4-5-12(18)8-13(19)7-11/h2-3,6,11-13,19H,4-5,7-9H2,1H3. The number of thiophene rings is 1. The van der Waals surface area contributed by atoms with Crippen molar-refractivity contribution in [1.82, 2.24) is 9.88 Å². The third-order valence-electron chi connectivity index (χ3n) is 4.82. The Morgan fingerprint density at radius 1 is 1.38 bits per heavy atom. The van der Waals surface area contributed by atoms with E-state index in [1.54, 1.807) is 11.3 Å². The summed E-state index contributed by atoms with van der Waals surface area (Å²) >= 11 is 1.65.